The molecule has 0 aliphatic rings. The van der Waals surface area contributed by atoms with Gasteiger partial charge in [-0.3, -0.25) is 4.79 Å². The number of carboxylic acids is 1. The smallest absolute Gasteiger partial charge is 0.328 e. The van der Waals surface area contributed by atoms with Gasteiger partial charge >= 0.3 is 5.97 Å². The van der Waals surface area contributed by atoms with Crippen molar-refractivity contribution >= 4 is 29.3 Å². The van der Waals surface area contributed by atoms with Crippen molar-refractivity contribution < 1.29 is 19.8 Å². The molecule has 0 radical (unpaired) electrons. The zero-order valence-electron chi connectivity index (χ0n) is 10.9. The standard InChI is InChI=1S/C13H17NO4S/c1-3-14(6-7-15)13(18)11-8-9(2)10(19-11)4-5-12(16)17/h4-5,8,15H,3,6-7H2,1-2H3,(H,16,17). The van der Waals surface area contributed by atoms with Crippen LogP contribution in [0.5, 0.6) is 0 Å². The number of likely N-dealkylation sites (N-methyl/N-ethyl adjacent to an activating group) is 1. The molecule has 0 saturated heterocycles. The van der Waals surface area contributed by atoms with Crippen LogP contribution in [0.1, 0.15) is 27.0 Å². The van der Waals surface area contributed by atoms with Gasteiger partial charge in [-0.2, -0.15) is 0 Å². The Balaban J connectivity index is 2.93. The largest absolute Gasteiger partial charge is 0.478 e. The first-order valence-electron chi connectivity index (χ1n) is 5.91. The van der Waals surface area contributed by atoms with Crippen molar-refractivity contribution in [2.45, 2.75) is 13.8 Å². The first kappa shape index (κ1) is 15.4. The summed E-state index contributed by atoms with van der Waals surface area (Å²) in [5.41, 5.74) is 0.867. The zero-order chi connectivity index (χ0) is 14.4. The van der Waals surface area contributed by atoms with E-state index in [-0.39, 0.29) is 12.5 Å². The fraction of sp³-hybridized carbons (Fsp3) is 0.385. The molecule has 1 amide bonds. The van der Waals surface area contributed by atoms with Crippen LogP contribution < -0.4 is 0 Å². The molecule has 5 nitrogen and oxygen atoms in total. The van der Waals surface area contributed by atoms with Crippen LogP contribution in [0.25, 0.3) is 6.08 Å². The first-order chi connectivity index (χ1) is 8.99. The second kappa shape index (κ2) is 7.06. The normalized spacial score (nSPS) is 10.9. The van der Waals surface area contributed by atoms with E-state index < -0.39 is 5.97 Å². The minimum atomic E-state index is -1.02. The Morgan fingerprint density at radius 1 is 1.47 bits per heavy atom. The number of amides is 1. The maximum atomic E-state index is 12.2. The highest BCUT2D eigenvalue weighted by Crippen LogP contribution is 2.24. The number of aliphatic carboxylic acids is 1. The van der Waals surface area contributed by atoms with Crippen molar-refractivity contribution in [3.05, 3.63) is 27.5 Å². The van der Waals surface area contributed by atoms with Gasteiger partial charge in [0.1, 0.15) is 0 Å². The van der Waals surface area contributed by atoms with E-state index in [1.165, 1.54) is 17.4 Å². The molecule has 0 aliphatic heterocycles. The Bertz CT molecular complexity index is 493. The lowest BCUT2D eigenvalue weighted by Gasteiger charge is -2.18. The molecule has 0 spiro atoms. The molecule has 1 aromatic rings. The predicted molar refractivity (Wildman–Crippen MR) is 74.4 cm³/mol. The summed E-state index contributed by atoms with van der Waals surface area (Å²) in [4.78, 5) is 25.5. The Labute approximate surface area is 115 Å². The molecule has 0 atom stereocenters. The molecule has 6 heteroatoms. The molecule has 0 aromatic carbocycles. The van der Waals surface area contributed by atoms with E-state index in [1.807, 2.05) is 13.8 Å². The Morgan fingerprint density at radius 3 is 2.68 bits per heavy atom. The number of thiophene rings is 1. The number of aliphatic hydroxyl groups excluding tert-OH is 1. The SMILES string of the molecule is CCN(CCO)C(=O)c1cc(C)c(C=CC(=O)O)s1. The fourth-order valence-electron chi connectivity index (χ4n) is 1.59. The summed E-state index contributed by atoms with van der Waals surface area (Å²) in [6.45, 7) is 4.43. The number of hydrogen-bond donors (Lipinski definition) is 2. The summed E-state index contributed by atoms with van der Waals surface area (Å²) < 4.78 is 0. The lowest BCUT2D eigenvalue weighted by atomic mass is 10.2. The molecule has 1 heterocycles. The van der Waals surface area contributed by atoms with Crippen LogP contribution in [0.4, 0.5) is 0 Å². The number of hydrogen-bond acceptors (Lipinski definition) is 4. The van der Waals surface area contributed by atoms with E-state index in [1.54, 1.807) is 11.0 Å². The third-order valence-electron chi connectivity index (χ3n) is 2.58. The molecule has 1 rings (SSSR count). The number of carboxylic acid groups (broad SMARTS) is 1. The van der Waals surface area contributed by atoms with Gasteiger partial charge in [0.25, 0.3) is 5.91 Å². The molecule has 0 bridgehead atoms. The van der Waals surface area contributed by atoms with Gasteiger partial charge in [-0.05, 0) is 31.6 Å². The molecule has 2 N–H and O–H groups in total. The van der Waals surface area contributed by atoms with Crippen LogP contribution in [-0.2, 0) is 4.79 Å². The maximum absolute atomic E-state index is 12.2. The van der Waals surface area contributed by atoms with Gasteiger partial charge in [0.05, 0.1) is 11.5 Å². The van der Waals surface area contributed by atoms with Crippen molar-refractivity contribution in [1.82, 2.24) is 4.90 Å². The summed E-state index contributed by atoms with van der Waals surface area (Å²) in [5, 5.41) is 17.5. The molecular formula is C13H17NO4S. The summed E-state index contributed by atoms with van der Waals surface area (Å²) in [5.74, 6) is -1.16. The number of carbonyl (C=O) groups is 2. The van der Waals surface area contributed by atoms with E-state index >= 15 is 0 Å². The van der Waals surface area contributed by atoms with Gasteiger partial charge in [-0.15, -0.1) is 11.3 Å². The second-order valence-corrected chi connectivity index (χ2v) is 5.02. The minimum absolute atomic E-state index is 0.0737. The van der Waals surface area contributed by atoms with Gasteiger partial charge in [-0.1, -0.05) is 0 Å². The summed E-state index contributed by atoms with van der Waals surface area (Å²) in [6, 6.07) is 1.74. The van der Waals surface area contributed by atoms with Crippen molar-refractivity contribution in [2.24, 2.45) is 0 Å². The monoisotopic (exact) mass is 283 g/mol. The first-order valence-corrected chi connectivity index (χ1v) is 6.72. The average Bonchev–Trinajstić information content (AvgIpc) is 2.74. The lowest BCUT2D eigenvalue weighted by molar-refractivity contribution is -0.131. The number of aliphatic hydroxyl groups is 1. The highest BCUT2D eigenvalue weighted by atomic mass is 32.1. The number of carbonyl (C=O) groups excluding carboxylic acids is 1. The average molecular weight is 283 g/mol. The molecule has 19 heavy (non-hydrogen) atoms. The van der Waals surface area contributed by atoms with Crippen LogP contribution in [0.2, 0.25) is 0 Å². The Morgan fingerprint density at radius 2 is 2.16 bits per heavy atom. The number of aryl methyl sites for hydroxylation is 1. The number of rotatable bonds is 6. The van der Waals surface area contributed by atoms with E-state index in [4.69, 9.17) is 10.2 Å². The molecule has 0 fully saturated rings. The quantitative estimate of drug-likeness (QED) is 0.777. The van der Waals surface area contributed by atoms with Crippen molar-refractivity contribution in [1.29, 1.82) is 0 Å². The second-order valence-electron chi connectivity index (χ2n) is 3.94. The van der Waals surface area contributed by atoms with Gasteiger partial charge in [0.2, 0.25) is 0 Å². The third kappa shape index (κ3) is 4.18. The topological polar surface area (TPSA) is 77.8 Å². The van der Waals surface area contributed by atoms with Crippen molar-refractivity contribution in [3.8, 4) is 0 Å². The van der Waals surface area contributed by atoms with E-state index in [9.17, 15) is 9.59 Å². The zero-order valence-corrected chi connectivity index (χ0v) is 11.7. The van der Waals surface area contributed by atoms with Crippen LogP contribution in [0.15, 0.2) is 12.1 Å². The molecule has 0 aliphatic carbocycles. The molecule has 0 saturated carbocycles. The third-order valence-corrected chi connectivity index (χ3v) is 3.77. The highest BCUT2D eigenvalue weighted by molar-refractivity contribution is 7.15. The maximum Gasteiger partial charge on any atom is 0.328 e. The lowest BCUT2D eigenvalue weighted by Crippen LogP contribution is -2.32. The van der Waals surface area contributed by atoms with E-state index in [0.717, 1.165) is 16.5 Å². The summed E-state index contributed by atoms with van der Waals surface area (Å²) in [6.07, 6.45) is 2.54. The van der Waals surface area contributed by atoms with Gasteiger partial charge < -0.3 is 15.1 Å². The molecule has 1 aromatic heterocycles. The minimum Gasteiger partial charge on any atom is -0.478 e. The van der Waals surface area contributed by atoms with E-state index in [2.05, 4.69) is 0 Å². The van der Waals surface area contributed by atoms with Crippen LogP contribution in [0, 0.1) is 6.92 Å². The number of nitrogens with zero attached hydrogens (tertiary/aromatic N) is 1. The summed E-state index contributed by atoms with van der Waals surface area (Å²) in [7, 11) is 0. The fourth-order valence-corrected chi connectivity index (χ4v) is 2.64. The molecule has 104 valence electrons. The summed E-state index contributed by atoms with van der Waals surface area (Å²) >= 11 is 1.26. The van der Waals surface area contributed by atoms with Crippen LogP contribution >= 0.6 is 11.3 Å². The highest BCUT2D eigenvalue weighted by Gasteiger charge is 2.17. The van der Waals surface area contributed by atoms with Gasteiger partial charge in [0.15, 0.2) is 0 Å². The molecule has 0 unspecified atom stereocenters. The van der Waals surface area contributed by atoms with Crippen molar-refractivity contribution in [3.63, 3.8) is 0 Å². The Hall–Kier alpha value is -1.66. The van der Waals surface area contributed by atoms with E-state index in [0.29, 0.717) is 18.0 Å². The van der Waals surface area contributed by atoms with Crippen LogP contribution in [-0.4, -0.2) is 46.7 Å². The van der Waals surface area contributed by atoms with Crippen molar-refractivity contribution in [2.75, 3.05) is 19.7 Å². The Kier molecular flexibility index (Phi) is 5.72. The van der Waals surface area contributed by atoms with Crippen LogP contribution in [0.3, 0.4) is 0 Å². The van der Waals surface area contributed by atoms with Gasteiger partial charge in [0, 0.05) is 24.0 Å². The predicted octanol–water partition coefficient (Wildman–Crippen LogP) is 1.61. The van der Waals surface area contributed by atoms with Gasteiger partial charge in [-0.25, -0.2) is 4.79 Å². The molecular weight excluding hydrogens is 266 g/mol.